The van der Waals surface area contributed by atoms with Crippen LogP contribution in [0.4, 0.5) is 0 Å². The van der Waals surface area contributed by atoms with Gasteiger partial charge in [-0.15, -0.1) is 0 Å². The van der Waals surface area contributed by atoms with Crippen molar-refractivity contribution in [2.75, 3.05) is 13.7 Å². The molecule has 2 N–H and O–H groups in total. The van der Waals surface area contributed by atoms with Crippen LogP contribution in [0.5, 0.6) is 0 Å². The van der Waals surface area contributed by atoms with E-state index in [9.17, 15) is 10.2 Å². The zero-order valence-electron chi connectivity index (χ0n) is 16.1. The molecule has 3 unspecified atom stereocenters. The standard InChI is InChI=1S/C23H27ClO4/c1-27-23(13-20(26)12-21(14-25)28-23)19-8-9-22(24)18(11-19)10-15-2-4-16(5-3-15)17-6-7-17/h2-5,8-9,11,17,20-21,25-26H,6-7,10,12-14H2,1H3. The highest BCUT2D eigenvalue weighted by Crippen LogP contribution is 2.41. The van der Waals surface area contributed by atoms with Gasteiger partial charge in [-0.25, -0.2) is 0 Å². The second-order valence-electron chi connectivity index (χ2n) is 7.97. The van der Waals surface area contributed by atoms with Crippen molar-refractivity contribution in [3.05, 3.63) is 69.7 Å². The van der Waals surface area contributed by atoms with Crippen LogP contribution >= 0.6 is 11.6 Å². The molecule has 0 radical (unpaired) electrons. The first-order valence-corrected chi connectivity index (χ1v) is 10.3. The number of benzene rings is 2. The maximum absolute atomic E-state index is 10.3. The highest BCUT2D eigenvalue weighted by Gasteiger charge is 2.43. The van der Waals surface area contributed by atoms with Crippen molar-refractivity contribution in [3.63, 3.8) is 0 Å². The minimum atomic E-state index is -1.08. The van der Waals surface area contributed by atoms with Gasteiger partial charge in [-0.2, -0.15) is 0 Å². The van der Waals surface area contributed by atoms with Crippen LogP contribution in [-0.4, -0.2) is 36.1 Å². The molecule has 5 heteroatoms. The van der Waals surface area contributed by atoms with Crippen molar-refractivity contribution in [1.29, 1.82) is 0 Å². The topological polar surface area (TPSA) is 58.9 Å². The fourth-order valence-electron chi connectivity index (χ4n) is 4.10. The molecular formula is C23H27ClO4. The monoisotopic (exact) mass is 402 g/mol. The maximum Gasteiger partial charge on any atom is 0.197 e. The lowest BCUT2D eigenvalue weighted by atomic mass is 9.90. The average molecular weight is 403 g/mol. The molecule has 1 saturated carbocycles. The number of ether oxygens (including phenoxy) is 2. The Morgan fingerprint density at radius 3 is 2.57 bits per heavy atom. The quantitative estimate of drug-likeness (QED) is 0.762. The van der Waals surface area contributed by atoms with Gasteiger partial charge in [0, 0.05) is 30.5 Å². The molecule has 28 heavy (non-hydrogen) atoms. The van der Waals surface area contributed by atoms with E-state index in [0.717, 1.165) is 17.0 Å². The summed E-state index contributed by atoms with van der Waals surface area (Å²) in [6, 6.07) is 14.5. The summed E-state index contributed by atoms with van der Waals surface area (Å²) < 4.78 is 11.8. The predicted octanol–water partition coefficient (Wildman–Crippen LogP) is 4.14. The average Bonchev–Trinajstić information content (AvgIpc) is 3.55. The highest BCUT2D eigenvalue weighted by molar-refractivity contribution is 6.31. The Morgan fingerprint density at radius 1 is 1.18 bits per heavy atom. The van der Waals surface area contributed by atoms with Gasteiger partial charge in [-0.05, 0) is 54.0 Å². The minimum Gasteiger partial charge on any atom is -0.394 e. The lowest BCUT2D eigenvalue weighted by molar-refractivity contribution is -0.298. The number of aliphatic hydroxyl groups is 2. The third-order valence-corrected chi connectivity index (χ3v) is 6.21. The second kappa shape index (κ2) is 8.13. The number of methoxy groups -OCH3 is 1. The van der Waals surface area contributed by atoms with E-state index in [4.69, 9.17) is 21.1 Å². The van der Waals surface area contributed by atoms with E-state index < -0.39 is 18.0 Å². The van der Waals surface area contributed by atoms with Crippen LogP contribution in [0.1, 0.15) is 53.9 Å². The van der Waals surface area contributed by atoms with Gasteiger partial charge < -0.3 is 19.7 Å². The van der Waals surface area contributed by atoms with E-state index in [-0.39, 0.29) is 6.61 Å². The number of hydrogen-bond donors (Lipinski definition) is 2. The van der Waals surface area contributed by atoms with E-state index in [0.29, 0.717) is 24.3 Å². The fourth-order valence-corrected chi connectivity index (χ4v) is 4.29. The Morgan fingerprint density at radius 2 is 1.93 bits per heavy atom. The lowest BCUT2D eigenvalue weighted by Crippen LogP contribution is -2.46. The van der Waals surface area contributed by atoms with Crippen molar-refractivity contribution in [1.82, 2.24) is 0 Å². The van der Waals surface area contributed by atoms with Crippen LogP contribution in [0.25, 0.3) is 0 Å². The van der Waals surface area contributed by atoms with E-state index in [1.807, 2.05) is 18.2 Å². The van der Waals surface area contributed by atoms with Gasteiger partial charge in [-0.3, -0.25) is 0 Å². The molecule has 2 aromatic carbocycles. The zero-order valence-corrected chi connectivity index (χ0v) is 16.9. The molecule has 3 atom stereocenters. The Bertz CT molecular complexity index is 818. The van der Waals surface area contributed by atoms with Crippen molar-refractivity contribution < 1.29 is 19.7 Å². The van der Waals surface area contributed by atoms with Gasteiger partial charge in [0.15, 0.2) is 5.79 Å². The summed E-state index contributed by atoms with van der Waals surface area (Å²) in [5.41, 5.74) is 4.41. The van der Waals surface area contributed by atoms with Gasteiger partial charge >= 0.3 is 0 Å². The lowest BCUT2D eigenvalue weighted by Gasteiger charge is -2.42. The molecule has 4 nitrogen and oxygen atoms in total. The zero-order chi connectivity index (χ0) is 19.7. The molecule has 2 fully saturated rings. The Balaban J connectivity index is 1.60. The normalized spacial score (nSPS) is 27.7. The van der Waals surface area contributed by atoms with Crippen LogP contribution in [0.3, 0.4) is 0 Å². The van der Waals surface area contributed by atoms with Crippen molar-refractivity contribution in [3.8, 4) is 0 Å². The number of hydrogen-bond acceptors (Lipinski definition) is 4. The van der Waals surface area contributed by atoms with E-state index in [1.165, 1.54) is 24.0 Å². The summed E-state index contributed by atoms with van der Waals surface area (Å²) in [5.74, 6) is -0.336. The molecule has 1 aliphatic heterocycles. The van der Waals surface area contributed by atoms with Crippen molar-refractivity contribution in [2.24, 2.45) is 0 Å². The molecule has 0 spiro atoms. The Kier molecular flexibility index (Phi) is 5.77. The Labute approximate surface area is 171 Å². The first-order chi connectivity index (χ1) is 13.5. The molecule has 0 bridgehead atoms. The summed E-state index contributed by atoms with van der Waals surface area (Å²) in [6.07, 6.45) is 2.97. The summed E-state index contributed by atoms with van der Waals surface area (Å²) in [5, 5.41) is 20.5. The van der Waals surface area contributed by atoms with Gasteiger partial charge in [0.1, 0.15) is 0 Å². The molecule has 0 amide bonds. The van der Waals surface area contributed by atoms with Crippen LogP contribution in [0.15, 0.2) is 42.5 Å². The van der Waals surface area contributed by atoms with Crippen LogP contribution < -0.4 is 0 Å². The fraction of sp³-hybridized carbons (Fsp3) is 0.478. The molecule has 1 saturated heterocycles. The van der Waals surface area contributed by atoms with Gasteiger partial charge in [0.05, 0.1) is 18.8 Å². The predicted molar refractivity (Wildman–Crippen MR) is 109 cm³/mol. The molecule has 150 valence electrons. The molecule has 2 aromatic rings. The van der Waals surface area contributed by atoms with Crippen molar-refractivity contribution >= 4 is 11.6 Å². The van der Waals surface area contributed by atoms with Crippen molar-refractivity contribution in [2.45, 2.75) is 56.0 Å². The molecule has 2 aliphatic rings. The van der Waals surface area contributed by atoms with Gasteiger partial charge in [0.25, 0.3) is 0 Å². The molecule has 4 rings (SSSR count). The SMILES string of the molecule is COC1(c2ccc(Cl)c(Cc3ccc(C4CC4)cc3)c2)CC(O)CC(CO)O1. The number of rotatable bonds is 6. The minimum absolute atomic E-state index is 0.157. The number of halogens is 1. The Hall–Kier alpha value is -1.43. The summed E-state index contributed by atoms with van der Waals surface area (Å²) in [4.78, 5) is 0. The molecule has 1 aliphatic carbocycles. The van der Waals surface area contributed by atoms with E-state index in [2.05, 4.69) is 24.3 Å². The first kappa shape index (κ1) is 19.9. The summed E-state index contributed by atoms with van der Waals surface area (Å²) in [6.45, 7) is -0.157. The van der Waals surface area contributed by atoms with Crippen LogP contribution in [0, 0.1) is 0 Å². The maximum atomic E-state index is 10.3. The second-order valence-corrected chi connectivity index (χ2v) is 8.38. The largest absolute Gasteiger partial charge is 0.394 e. The van der Waals surface area contributed by atoms with E-state index >= 15 is 0 Å². The summed E-state index contributed by atoms with van der Waals surface area (Å²) in [7, 11) is 1.57. The molecular weight excluding hydrogens is 376 g/mol. The molecule has 0 aromatic heterocycles. The highest BCUT2D eigenvalue weighted by atomic mass is 35.5. The van der Waals surface area contributed by atoms with Gasteiger partial charge in [-0.1, -0.05) is 41.9 Å². The van der Waals surface area contributed by atoms with Gasteiger partial charge in [0.2, 0.25) is 0 Å². The van der Waals surface area contributed by atoms with Crippen LogP contribution in [-0.2, 0) is 21.7 Å². The first-order valence-electron chi connectivity index (χ1n) is 9.92. The molecule has 1 heterocycles. The summed E-state index contributed by atoms with van der Waals surface area (Å²) >= 11 is 6.48. The number of aliphatic hydroxyl groups excluding tert-OH is 2. The third-order valence-electron chi connectivity index (χ3n) is 5.84. The van der Waals surface area contributed by atoms with E-state index in [1.54, 1.807) is 7.11 Å². The third kappa shape index (κ3) is 4.12. The smallest absolute Gasteiger partial charge is 0.197 e. The van der Waals surface area contributed by atoms with Crippen LogP contribution in [0.2, 0.25) is 5.02 Å².